The van der Waals surface area contributed by atoms with Crippen LogP contribution in [0.2, 0.25) is 10.0 Å². The fourth-order valence-electron chi connectivity index (χ4n) is 2.82. The normalized spacial score (nSPS) is 11.0. The van der Waals surface area contributed by atoms with E-state index in [9.17, 15) is 9.59 Å². The molecule has 1 aromatic heterocycles. The number of hydrogen-bond acceptors (Lipinski definition) is 5. The van der Waals surface area contributed by atoms with E-state index in [1.54, 1.807) is 48.5 Å². The van der Waals surface area contributed by atoms with E-state index in [2.05, 4.69) is 10.5 Å². The average molecular weight is 469 g/mol. The van der Waals surface area contributed by atoms with Gasteiger partial charge < -0.3 is 4.74 Å². The Bertz CT molecular complexity index is 1320. The lowest BCUT2D eigenvalue weighted by Crippen LogP contribution is -2.17. The minimum atomic E-state index is -0.533. The van der Waals surface area contributed by atoms with Gasteiger partial charge in [-0.05, 0) is 42.0 Å². The largest absolute Gasteiger partial charge is 0.422 e. The van der Waals surface area contributed by atoms with Gasteiger partial charge in [0.15, 0.2) is 0 Å². The number of hydrogen-bond donors (Lipinski definition) is 1. The molecule has 0 bridgehead atoms. The van der Waals surface area contributed by atoms with Crippen molar-refractivity contribution in [3.05, 3.63) is 98.8 Å². The predicted octanol–water partition coefficient (Wildman–Crippen LogP) is 6.19. The molecule has 0 saturated heterocycles. The van der Waals surface area contributed by atoms with Gasteiger partial charge >= 0.3 is 5.97 Å². The number of carbonyl (C=O) groups excluding carboxylic acids is 2. The van der Waals surface area contributed by atoms with E-state index in [0.717, 1.165) is 10.1 Å². The molecule has 0 spiro atoms. The number of esters is 1. The fourth-order valence-corrected chi connectivity index (χ4v) is 4.39. The second kappa shape index (κ2) is 9.31. The van der Waals surface area contributed by atoms with Crippen molar-refractivity contribution in [2.24, 2.45) is 5.10 Å². The number of benzene rings is 3. The Hall–Kier alpha value is -3.19. The maximum Gasteiger partial charge on any atom is 0.355 e. The zero-order chi connectivity index (χ0) is 21.8. The SMILES string of the molecule is O=C(NN=Cc1cccc(OC(=O)c2sc3ccccc3c2Cl)c1)c1cccc(Cl)c1. The third kappa shape index (κ3) is 4.94. The lowest BCUT2D eigenvalue weighted by Gasteiger charge is -2.04. The van der Waals surface area contributed by atoms with Crippen molar-refractivity contribution < 1.29 is 14.3 Å². The van der Waals surface area contributed by atoms with Gasteiger partial charge in [0, 0.05) is 20.7 Å². The van der Waals surface area contributed by atoms with Crippen LogP contribution in [-0.4, -0.2) is 18.1 Å². The molecule has 0 saturated carbocycles. The maximum absolute atomic E-state index is 12.6. The highest BCUT2D eigenvalue weighted by molar-refractivity contribution is 7.21. The van der Waals surface area contributed by atoms with Crippen LogP contribution in [-0.2, 0) is 0 Å². The van der Waals surface area contributed by atoms with Crippen molar-refractivity contribution in [1.82, 2.24) is 5.43 Å². The van der Waals surface area contributed by atoms with Crippen LogP contribution < -0.4 is 10.2 Å². The molecule has 0 radical (unpaired) electrons. The first-order chi connectivity index (χ1) is 15.0. The molecule has 31 heavy (non-hydrogen) atoms. The topological polar surface area (TPSA) is 67.8 Å². The van der Waals surface area contributed by atoms with E-state index in [4.69, 9.17) is 27.9 Å². The molecule has 0 aliphatic carbocycles. The molecule has 0 aliphatic rings. The van der Waals surface area contributed by atoms with Gasteiger partial charge in [0.05, 0.1) is 11.2 Å². The maximum atomic E-state index is 12.6. The molecule has 4 aromatic rings. The summed E-state index contributed by atoms with van der Waals surface area (Å²) in [5.74, 6) is -0.584. The van der Waals surface area contributed by atoms with Crippen LogP contribution in [0.25, 0.3) is 10.1 Å². The van der Waals surface area contributed by atoms with Crippen LogP contribution in [0.1, 0.15) is 25.6 Å². The first-order valence-corrected chi connectivity index (χ1v) is 10.7. The molecular formula is C23H14Cl2N2O3S. The molecular weight excluding hydrogens is 455 g/mol. The van der Waals surface area contributed by atoms with Crippen LogP contribution in [0.3, 0.4) is 0 Å². The summed E-state index contributed by atoms with van der Waals surface area (Å²) in [4.78, 5) is 25.0. The number of ether oxygens (including phenoxy) is 1. The standard InChI is InChI=1S/C23H14Cl2N2O3S/c24-16-7-4-6-15(12-16)22(28)27-26-13-14-5-3-8-17(11-14)30-23(29)21-20(25)18-9-1-2-10-19(18)31-21/h1-13H,(H,27,28). The van der Waals surface area contributed by atoms with Gasteiger partial charge in [0.1, 0.15) is 10.6 Å². The Kier molecular flexibility index (Phi) is 6.32. The lowest BCUT2D eigenvalue weighted by atomic mass is 10.2. The molecule has 1 amide bonds. The summed E-state index contributed by atoms with van der Waals surface area (Å²) >= 11 is 13.5. The summed E-state index contributed by atoms with van der Waals surface area (Å²) in [5.41, 5.74) is 3.47. The highest BCUT2D eigenvalue weighted by atomic mass is 35.5. The number of hydrazone groups is 1. The van der Waals surface area contributed by atoms with Crippen molar-refractivity contribution in [3.63, 3.8) is 0 Å². The number of carbonyl (C=O) groups is 2. The first-order valence-electron chi connectivity index (χ1n) is 9.09. The molecule has 0 aliphatic heterocycles. The summed E-state index contributed by atoms with van der Waals surface area (Å²) in [6.45, 7) is 0. The highest BCUT2D eigenvalue weighted by Gasteiger charge is 2.19. The fraction of sp³-hybridized carbons (Fsp3) is 0. The van der Waals surface area contributed by atoms with Crippen molar-refractivity contribution in [1.29, 1.82) is 0 Å². The number of thiophene rings is 1. The summed E-state index contributed by atoms with van der Waals surface area (Å²) < 4.78 is 6.40. The first kappa shape index (κ1) is 21.1. The zero-order valence-corrected chi connectivity index (χ0v) is 18.2. The Balaban J connectivity index is 1.44. The van der Waals surface area contributed by atoms with E-state index in [1.807, 2.05) is 24.3 Å². The van der Waals surface area contributed by atoms with Crippen molar-refractivity contribution in [3.8, 4) is 5.75 Å². The molecule has 5 nitrogen and oxygen atoms in total. The Labute approximate surface area is 191 Å². The third-order valence-electron chi connectivity index (χ3n) is 4.26. The lowest BCUT2D eigenvalue weighted by molar-refractivity contribution is 0.0740. The Morgan fingerprint density at radius 2 is 1.77 bits per heavy atom. The van der Waals surface area contributed by atoms with Gasteiger partial charge in [0.2, 0.25) is 0 Å². The molecule has 8 heteroatoms. The Morgan fingerprint density at radius 3 is 2.58 bits per heavy atom. The van der Waals surface area contributed by atoms with Crippen LogP contribution in [0, 0.1) is 0 Å². The third-order valence-corrected chi connectivity index (χ3v) is 6.15. The minimum absolute atomic E-state index is 0.337. The van der Waals surface area contributed by atoms with Gasteiger partial charge in [-0.2, -0.15) is 5.10 Å². The van der Waals surface area contributed by atoms with Crippen molar-refractivity contribution in [2.45, 2.75) is 0 Å². The molecule has 4 rings (SSSR count). The molecule has 0 atom stereocenters. The van der Waals surface area contributed by atoms with Gasteiger partial charge in [-0.15, -0.1) is 11.3 Å². The predicted molar refractivity (Wildman–Crippen MR) is 125 cm³/mol. The molecule has 154 valence electrons. The molecule has 1 heterocycles. The van der Waals surface area contributed by atoms with E-state index < -0.39 is 5.97 Å². The average Bonchev–Trinajstić information content (AvgIpc) is 3.11. The van der Waals surface area contributed by atoms with Crippen LogP contribution in [0.15, 0.2) is 77.9 Å². The highest BCUT2D eigenvalue weighted by Crippen LogP contribution is 2.35. The van der Waals surface area contributed by atoms with Gasteiger partial charge in [-0.1, -0.05) is 59.6 Å². The summed E-state index contributed by atoms with van der Waals surface area (Å²) in [6.07, 6.45) is 1.45. The summed E-state index contributed by atoms with van der Waals surface area (Å²) in [5, 5.41) is 5.60. The molecule has 0 unspecified atom stereocenters. The van der Waals surface area contributed by atoms with Crippen molar-refractivity contribution in [2.75, 3.05) is 0 Å². The Morgan fingerprint density at radius 1 is 0.968 bits per heavy atom. The second-order valence-corrected chi connectivity index (χ2v) is 8.28. The number of fused-ring (bicyclic) bond motifs is 1. The molecule has 1 N–H and O–H groups in total. The van der Waals surface area contributed by atoms with Gasteiger partial charge in [-0.3, -0.25) is 4.79 Å². The van der Waals surface area contributed by atoms with Gasteiger partial charge in [-0.25, -0.2) is 10.2 Å². The van der Waals surface area contributed by atoms with E-state index in [0.29, 0.717) is 31.8 Å². The molecule has 3 aromatic carbocycles. The van der Waals surface area contributed by atoms with E-state index in [-0.39, 0.29) is 5.91 Å². The number of nitrogens with zero attached hydrogens (tertiary/aromatic N) is 1. The van der Waals surface area contributed by atoms with Crippen molar-refractivity contribution >= 4 is 62.7 Å². The number of nitrogens with one attached hydrogen (secondary N) is 1. The van der Waals surface area contributed by atoms with Crippen LogP contribution in [0.5, 0.6) is 5.75 Å². The second-order valence-electron chi connectivity index (χ2n) is 6.41. The molecule has 0 fully saturated rings. The summed E-state index contributed by atoms with van der Waals surface area (Å²) in [7, 11) is 0. The minimum Gasteiger partial charge on any atom is -0.422 e. The number of rotatable bonds is 5. The van der Waals surface area contributed by atoms with Gasteiger partial charge in [0.25, 0.3) is 5.91 Å². The quantitative estimate of drug-likeness (QED) is 0.164. The van der Waals surface area contributed by atoms with Crippen LogP contribution >= 0.6 is 34.5 Å². The number of amides is 1. The zero-order valence-electron chi connectivity index (χ0n) is 15.8. The monoisotopic (exact) mass is 468 g/mol. The summed E-state index contributed by atoms with van der Waals surface area (Å²) in [6, 6.07) is 20.8. The van der Waals surface area contributed by atoms with Crippen LogP contribution in [0.4, 0.5) is 0 Å². The number of halogens is 2. The van der Waals surface area contributed by atoms with E-state index >= 15 is 0 Å². The smallest absolute Gasteiger partial charge is 0.355 e. The van der Waals surface area contributed by atoms with E-state index in [1.165, 1.54) is 17.6 Å².